The molecule has 8 heteroatoms. The molecule has 0 aromatic heterocycles. The summed E-state index contributed by atoms with van der Waals surface area (Å²) in [4.78, 5) is 9.76. The molecule has 0 saturated heterocycles. The van der Waals surface area contributed by atoms with Crippen molar-refractivity contribution in [1.82, 2.24) is 0 Å². The third-order valence-electron chi connectivity index (χ3n) is 2.12. The zero-order valence-electron chi connectivity index (χ0n) is 8.52. The lowest BCUT2D eigenvalue weighted by molar-refractivity contribution is -0.385. The van der Waals surface area contributed by atoms with E-state index in [2.05, 4.69) is 0 Å². The van der Waals surface area contributed by atoms with Gasteiger partial charge in [-0.05, 0) is 25.5 Å². The molecule has 0 radical (unpaired) electrons. The van der Waals surface area contributed by atoms with Gasteiger partial charge >= 0.3 is 0 Å². The van der Waals surface area contributed by atoms with Gasteiger partial charge in [-0.1, -0.05) is 11.6 Å². The number of rotatable bonds is 2. The number of hydrogen-bond donors (Lipinski definition) is 1. The van der Waals surface area contributed by atoms with Crippen LogP contribution in [0.3, 0.4) is 0 Å². The molecule has 0 unspecified atom stereocenters. The average Bonchev–Trinajstić information content (AvgIpc) is 2.09. The maximum atomic E-state index is 11.2. The molecule has 0 spiro atoms. The molecule has 0 aliphatic carbocycles. The first-order valence-corrected chi connectivity index (χ1v) is 6.05. The predicted octanol–water partition coefficient (Wildman–Crippen LogP) is 1.51. The van der Waals surface area contributed by atoms with Crippen LogP contribution < -0.4 is 5.14 Å². The van der Waals surface area contributed by atoms with Gasteiger partial charge in [0.15, 0.2) is 0 Å². The Morgan fingerprint density at radius 2 is 1.94 bits per heavy atom. The van der Waals surface area contributed by atoms with Crippen molar-refractivity contribution in [2.45, 2.75) is 18.7 Å². The van der Waals surface area contributed by atoms with Crippen LogP contribution in [0.1, 0.15) is 11.1 Å². The molecule has 6 nitrogen and oxygen atoms in total. The van der Waals surface area contributed by atoms with Crippen LogP contribution in [-0.2, 0) is 10.0 Å². The van der Waals surface area contributed by atoms with Crippen molar-refractivity contribution < 1.29 is 13.3 Å². The summed E-state index contributed by atoms with van der Waals surface area (Å²) in [6.45, 7) is 2.77. The van der Waals surface area contributed by atoms with Crippen molar-refractivity contribution in [3.05, 3.63) is 32.3 Å². The topological polar surface area (TPSA) is 103 Å². The maximum Gasteiger partial charge on any atom is 0.292 e. The summed E-state index contributed by atoms with van der Waals surface area (Å²) in [5, 5.41) is 15.6. The second-order valence-corrected chi connectivity index (χ2v) is 5.19. The summed E-state index contributed by atoms with van der Waals surface area (Å²) in [5.74, 6) is 0. The molecule has 0 aliphatic heterocycles. The minimum atomic E-state index is -3.99. The van der Waals surface area contributed by atoms with Crippen LogP contribution in [0, 0.1) is 24.0 Å². The molecule has 0 fully saturated rings. The van der Waals surface area contributed by atoms with Gasteiger partial charge in [0.05, 0.1) is 9.82 Å². The van der Waals surface area contributed by atoms with E-state index in [1.165, 1.54) is 19.9 Å². The maximum absolute atomic E-state index is 11.2. The van der Waals surface area contributed by atoms with E-state index in [4.69, 9.17) is 16.7 Å². The predicted molar refractivity (Wildman–Crippen MR) is 59.0 cm³/mol. The van der Waals surface area contributed by atoms with Gasteiger partial charge in [-0.2, -0.15) is 0 Å². The first kappa shape index (κ1) is 12.9. The minimum Gasteiger partial charge on any atom is -0.258 e. The Labute approximate surface area is 97.2 Å². The van der Waals surface area contributed by atoms with Crippen molar-refractivity contribution in [1.29, 1.82) is 0 Å². The van der Waals surface area contributed by atoms with Crippen molar-refractivity contribution in [3.63, 3.8) is 0 Å². The Morgan fingerprint density at radius 1 is 1.44 bits per heavy atom. The highest BCUT2D eigenvalue weighted by atomic mass is 35.5. The van der Waals surface area contributed by atoms with Crippen LogP contribution in [-0.4, -0.2) is 13.3 Å². The van der Waals surface area contributed by atoms with Gasteiger partial charge < -0.3 is 0 Å². The first-order valence-electron chi connectivity index (χ1n) is 4.13. The number of nitro benzene ring substituents is 1. The van der Waals surface area contributed by atoms with E-state index in [9.17, 15) is 18.5 Å². The van der Waals surface area contributed by atoms with Gasteiger partial charge in [0.2, 0.25) is 10.0 Å². The third-order valence-corrected chi connectivity index (χ3v) is 3.63. The largest absolute Gasteiger partial charge is 0.292 e. The average molecular weight is 265 g/mol. The lowest BCUT2D eigenvalue weighted by atomic mass is 10.1. The van der Waals surface area contributed by atoms with Crippen LogP contribution in [0.4, 0.5) is 5.69 Å². The normalized spacial score (nSPS) is 11.5. The molecule has 88 valence electrons. The number of nitro groups is 1. The number of nitrogens with two attached hydrogens (primary N) is 1. The summed E-state index contributed by atoms with van der Waals surface area (Å²) >= 11 is 5.74. The zero-order chi connectivity index (χ0) is 12.7. The highest BCUT2D eigenvalue weighted by Gasteiger charge is 2.25. The number of halogens is 1. The van der Waals surface area contributed by atoms with E-state index >= 15 is 0 Å². The van der Waals surface area contributed by atoms with Crippen LogP contribution in [0.5, 0.6) is 0 Å². The van der Waals surface area contributed by atoms with Crippen LogP contribution in [0.15, 0.2) is 11.0 Å². The summed E-state index contributed by atoms with van der Waals surface area (Å²) in [5.41, 5.74) is -0.184. The van der Waals surface area contributed by atoms with Crippen molar-refractivity contribution >= 4 is 27.3 Å². The van der Waals surface area contributed by atoms with Crippen LogP contribution in [0.25, 0.3) is 0 Å². The molecule has 0 aliphatic rings. The number of hydrogen-bond acceptors (Lipinski definition) is 4. The number of primary sulfonamides is 1. The molecule has 16 heavy (non-hydrogen) atoms. The Kier molecular flexibility index (Phi) is 3.22. The second-order valence-electron chi connectivity index (χ2n) is 3.28. The molecule has 0 saturated carbocycles. The lowest BCUT2D eigenvalue weighted by Crippen LogP contribution is -2.15. The number of benzene rings is 1. The molecule has 1 aromatic carbocycles. The lowest BCUT2D eigenvalue weighted by Gasteiger charge is -2.08. The number of sulfonamides is 1. The standard InChI is InChI=1S/C8H9ClN2O4S/c1-4-3-6(16(10,14)15)5(2)8(7(4)9)11(12)13/h3H,1-2H3,(H2,10,14,15). The first-order chi connectivity index (χ1) is 7.16. The molecule has 0 bridgehead atoms. The monoisotopic (exact) mass is 264 g/mol. The summed E-state index contributed by atoms with van der Waals surface area (Å²) in [6, 6.07) is 1.22. The SMILES string of the molecule is Cc1cc(S(N)(=O)=O)c(C)c([N+](=O)[O-])c1Cl. The fraction of sp³-hybridized carbons (Fsp3) is 0.250. The second kappa shape index (κ2) is 4.00. The minimum absolute atomic E-state index is 0.0527. The molecule has 1 rings (SSSR count). The number of aryl methyl sites for hydroxylation is 1. The van der Waals surface area contributed by atoms with Gasteiger partial charge in [0.25, 0.3) is 5.69 Å². The quantitative estimate of drug-likeness (QED) is 0.646. The fourth-order valence-corrected chi connectivity index (χ4v) is 2.48. The molecule has 0 heterocycles. The molecule has 2 N–H and O–H groups in total. The molecule has 1 aromatic rings. The van der Waals surface area contributed by atoms with Crippen molar-refractivity contribution in [2.24, 2.45) is 5.14 Å². The number of nitrogens with zero attached hydrogens (tertiary/aromatic N) is 1. The van der Waals surface area contributed by atoms with Gasteiger partial charge in [0, 0.05) is 5.56 Å². The van der Waals surface area contributed by atoms with Crippen LogP contribution >= 0.6 is 11.6 Å². The van der Waals surface area contributed by atoms with Crippen molar-refractivity contribution in [3.8, 4) is 0 Å². The zero-order valence-corrected chi connectivity index (χ0v) is 10.1. The third kappa shape index (κ3) is 2.16. The van der Waals surface area contributed by atoms with Crippen molar-refractivity contribution in [2.75, 3.05) is 0 Å². The summed E-state index contributed by atoms with van der Waals surface area (Å²) in [7, 11) is -3.99. The van der Waals surface area contributed by atoms with Gasteiger partial charge in [0.1, 0.15) is 5.02 Å². The summed E-state index contributed by atoms with van der Waals surface area (Å²) in [6.07, 6.45) is 0. The Hall–Kier alpha value is -1.18. The molecular formula is C8H9ClN2O4S. The van der Waals surface area contributed by atoms with E-state index < -0.39 is 20.6 Å². The van der Waals surface area contributed by atoms with Gasteiger partial charge in [-0.25, -0.2) is 13.6 Å². The Balaban J connectivity index is 3.78. The van der Waals surface area contributed by atoms with Crippen LogP contribution in [0.2, 0.25) is 5.02 Å². The molecule has 0 amide bonds. The fourth-order valence-electron chi connectivity index (χ4n) is 1.35. The van der Waals surface area contributed by atoms with E-state index in [0.717, 1.165) is 0 Å². The van der Waals surface area contributed by atoms with E-state index in [-0.39, 0.29) is 15.5 Å². The van der Waals surface area contributed by atoms with E-state index in [0.29, 0.717) is 5.56 Å². The Morgan fingerprint density at radius 3 is 2.31 bits per heavy atom. The van der Waals surface area contributed by atoms with Gasteiger partial charge in [-0.15, -0.1) is 0 Å². The summed E-state index contributed by atoms with van der Waals surface area (Å²) < 4.78 is 22.4. The Bertz CT molecular complexity index is 568. The van der Waals surface area contributed by atoms with E-state index in [1.54, 1.807) is 0 Å². The highest BCUT2D eigenvalue weighted by Crippen LogP contribution is 2.34. The van der Waals surface area contributed by atoms with Gasteiger partial charge in [-0.3, -0.25) is 10.1 Å². The smallest absolute Gasteiger partial charge is 0.258 e. The molecular weight excluding hydrogens is 256 g/mol. The highest BCUT2D eigenvalue weighted by molar-refractivity contribution is 7.89. The molecule has 0 atom stereocenters. The van der Waals surface area contributed by atoms with E-state index in [1.807, 2.05) is 0 Å².